The summed E-state index contributed by atoms with van der Waals surface area (Å²) in [6.45, 7) is 4.17. The third-order valence-corrected chi connectivity index (χ3v) is 10.7. The van der Waals surface area contributed by atoms with Gasteiger partial charge in [0.2, 0.25) is 10.0 Å². The van der Waals surface area contributed by atoms with E-state index in [9.17, 15) is 16.8 Å². The maximum atomic E-state index is 12.8. The van der Waals surface area contributed by atoms with Gasteiger partial charge in [0.1, 0.15) is 4.21 Å². The summed E-state index contributed by atoms with van der Waals surface area (Å²) in [7, 11) is -7.23. The molecule has 2 aromatic heterocycles. The van der Waals surface area contributed by atoms with Crippen molar-refractivity contribution in [1.29, 1.82) is 0 Å². The molecule has 0 bridgehead atoms. The summed E-state index contributed by atoms with van der Waals surface area (Å²) in [5, 5.41) is 0. The second-order valence-electron chi connectivity index (χ2n) is 5.64. The van der Waals surface area contributed by atoms with Crippen LogP contribution in [0.3, 0.4) is 0 Å². The third kappa shape index (κ3) is 3.66. The lowest BCUT2D eigenvalue weighted by atomic mass is 10.4. The quantitative estimate of drug-likeness (QED) is 0.732. The number of nitrogens with zero attached hydrogens (tertiary/aromatic N) is 2. The Bertz CT molecular complexity index is 986. The van der Waals surface area contributed by atoms with Crippen LogP contribution in [0, 0.1) is 13.8 Å². The highest BCUT2D eigenvalue weighted by atomic mass is 35.5. The minimum absolute atomic E-state index is 0.124. The summed E-state index contributed by atoms with van der Waals surface area (Å²) in [5.41, 5.74) is 0. The van der Waals surface area contributed by atoms with Crippen molar-refractivity contribution >= 4 is 54.3 Å². The monoisotopic (exact) mass is 440 g/mol. The van der Waals surface area contributed by atoms with Gasteiger partial charge in [0.25, 0.3) is 10.0 Å². The van der Waals surface area contributed by atoms with E-state index in [2.05, 4.69) is 0 Å². The van der Waals surface area contributed by atoms with Gasteiger partial charge in [-0.25, -0.2) is 16.8 Å². The Labute approximate surface area is 160 Å². The fraction of sp³-hybridized carbons (Fsp3) is 0.429. The van der Waals surface area contributed by atoms with Crippen molar-refractivity contribution in [1.82, 2.24) is 8.61 Å². The van der Waals surface area contributed by atoms with Crippen molar-refractivity contribution in [2.75, 3.05) is 26.2 Å². The molecular formula is C14H17ClN2O4S4. The van der Waals surface area contributed by atoms with Crippen LogP contribution >= 0.6 is 34.3 Å². The van der Waals surface area contributed by atoms with Gasteiger partial charge in [-0.05, 0) is 32.0 Å². The van der Waals surface area contributed by atoms with Gasteiger partial charge in [0.05, 0.1) is 9.23 Å². The highest BCUT2D eigenvalue weighted by Crippen LogP contribution is 2.31. The van der Waals surface area contributed by atoms with Crippen LogP contribution in [0.15, 0.2) is 27.3 Å². The summed E-state index contributed by atoms with van der Waals surface area (Å²) in [5.74, 6) is 0. The number of aryl methyl sites for hydroxylation is 2. The summed E-state index contributed by atoms with van der Waals surface area (Å²) in [6, 6.07) is 4.69. The maximum Gasteiger partial charge on any atom is 0.252 e. The van der Waals surface area contributed by atoms with Crippen molar-refractivity contribution in [3.8, 4) is 0 Å². The summed E-state index contributed by atoms with van der Waals surface area (Å²) < 4.78 is 54.0. The molecule has 11 heteroatoms. The molecule has 0 aliphatic carbocycles. The zero-order valence-corrected chi connectivity index (χ0v) is 17.6. The van der Waals surface area contributed by atoms with Crippen LogP contribution in [0.5, 0.6) is 0 Å². The van der Waals surface area contributed by atoms with Gasteiger partial charge in [-0.2, -0.15) is 8.61 Å². The SMILES string of the molecule is Cc1cc(S(=O)(=O)N2CCN(S(=O)(=O)c3ccc(Cl)s3)CC2)c(C)s1. The predicted octanol–water partition coefficient (Wildman–Crippen LogP) is 2.78. The first kappa shape index (κ1) is 19.3. The molecule has 0 unspecified atom stereocenters. The molecule has 1 fully saturated rings. The summed E-state index contributed by atoms with van der Waals surface area (Å²) in [4.78, 5) is 2.00. The molecular weight excluding hydrogens is 424 g/mol. The van der Waals surface area contributed by atoms with Crippen LogP contribution in [0.2, 0.25) is 4.34 Å². The zero-order valence-electron chi connectivity index (χ0n) is 13.6. The number of sulfonamides is 2. The van der Waals surface area contributed by atoms with E-state index in [4.69, 9.17) is 11.6 Å². The Morgan fingerprint density at radius 3 is 1.92 bits per heavy atom. The lowest BCUT2D eigenvalue weighted by molar-refractivity contribution is 0.273. The Morgan fingerprint density at radius 1 is 0.920 bits per heavy atom. The average molecular weight is 441 g/mol. The van der Waals surface area contributed by atoms with Crippen molar-refractivity contribution < 1.29 is 16.8 Å². The lowest BCUT2D eigenvalue weighted by Crippen LogP contribution is -2.50. The Morgan fingerprint density at radius 2 is 1.48 bits per heavy atom. The van der Waals surface area contributed by atoms with E-state index < -0.39 is 20.0 Å². The lowest BCUT2D eigenvalue weighted by Gasteiger charge is -2.32. The molecule has 0 amide bonds. The van der Waals surface area contributed by atoms with E-state index in [0.29, 0.717) is 9.23 Å². The molecule has 2 aromatic rings. The molecule has 1 aliphatic rings. The molecule has 138 valence electrons. The molecule has 6 nitrogen and oxygen atoms in total. The highest BCUT2D eigenvalue weighted by Gasteiger charge is 2.35. The largest absolute Gasteiger partial charge is 0.252 e. The second kappa shape index (κ2) is 6.91. The molecule has 0 radical (unpaired) electrons. The number of piperazine rings is 1. The second-order valence-corrected chi connectivity index (χ2v) is 12.9. The summed E-state index contributed by atoms with van der Waals surface area (Å²) >= 11 is 8.26. The van der Waals surface area contributed by atoms with Crippen molar-refractivity contribution in [2.24, 2.45) is 0 Å². The van der Waals surface area contributed by atoms with Crippen LogP contribution in [-0.2, 0) is 20.0 Å². The number of thiophene rings is 2. The highest BCUT2D eigenvalue weighted by molar-refractivity contribution is 7.91. The Hall–Kier alpha value is -0.490. The molecule has 1 aliphatic heterocycles. The fourth-order valence-electron chi connectivity index (χ4n) is 2.72. The van der Waals surface area contributed by atoms with Crippen molar-refractivity contribution in [3.63, 3.8) is 0 Å². The molecule has 0 atom stereocenters. The van der Waals surface area contributed by atoms with Gasteiger partial charge < -0.3 is 0 Å². The van der Waals surface area contributed by atoms with Gasteiger partial charge in [0, 0.05) is 35.9 Å². The van der Waals surface area contributed by atoms with Gasteiger partial charge in [0.15, 0.2) is 0 Å². The average Bonchev–Trinajstić information content (AvgIpc) is 3.13. The molecule has 25 heavy (non-hydrogen) atoms. The van der Waals surface area contributed by atoms with Gasteiger partial charge in [-0.3, -0.25) is 0 Å². The van der Waals surface area contributed by atoms with Crippen LogP contribution < -0.4 is 0 Å². The van der Waals surface area contributed by atoms with Crippen molar-refractivity contribution in [3.05, 3.63) is 32.3 Å². The molecule has 3 heterocycles. The number of rotatable bonds is 4. The normalized spacial score (nSPS) is 17.9. The van der Waals surface area contributed by atoms with Crippen LogP contribution in [0.25, 0.3) is 0 Å². The van der Waals surface area contributed by atoms with Crippen molar-refractivity contribution in [2.45, 2.75) is 23.0 Å². The van der Waals surface area contributed by atoms with E-state index in [1.54, 1.807) is 19.1 Å². The predicted molar refractivity (Wildman–Crippen MR) is 101 cm³/mol. The number of hydrogen-bond donors (Lipinski definition) is 0. The standard InChI is InChI=1S/C14H17ClN2O4S4/c1-10-9-12(11(2)22-10)24(18,19)16-5-7-17(8-6-16)25(20,21)14-4-3-13(15)23-14/h3-4,9H,5-8H2,1-2H3. The van der Waals surface area contributed by atoms with Crippen LogP contribution in [0.1, 0.15) is 9.75 Å². The number of halogens is 1. The summed E-state index contributed by atoms with van der Waals surface area (Å²) in [6.07, 6.45) is 0. The molecule has 0 N–H and O–H groups in total. The minimum atomic E-state index is -3.63. The van der Waals surface area contributed by atoms with Crippen LogP contribution in [0.4, 0.5) is 0 Å². The van der Waals surface area contributed by atoms with E-state index in [-0.39, 0.29) is 30.4 Å². The maximum absolute atomic E-state index is 12.8. The van der Waals surface area contributed by atoms with E-state index in [0.717, 1.165) is 21.1 Å². The Kier molecular flexibility index (Phi) is 5.33. The molecule has 0 aromatic carbocycles. The molecule has 0 spiro atoms. The van der Waals surface area contributed by atoms with Gasteiger partial charge >= 0.3 is 0 Å². The molecule has 3 rings (SSSR count). The first-order valence-electron chi connectivity index (χ1n) is 7.45. The first-order valence-corrected chi connectivity index (χ1v) is 12.3. The third-order valence-electron chi connectivity index (χ3n) is 3.95. The van der Waals surface area contributed by atoms with Crippen LogP contribution in [-0.4, -0.2) is 51.6 Å². The zero-order chi connectivity index (χ0) is 18.4. The Balaban J connectivity index is 1.77. The van der Waals surface area contributed by atoms with Gasteiger partial charge in [-0.1, -0.05) is 11.6 Å². The first-order chi connectivity index (χ1) is 11.6. The topological polar surface area (TPSA) is 74.8 Å². The van der Waals surface area contributed by atoms with Gasteiger partial charge in [-0.15, -0.1) is 22.7 Å². The number of hydrogen-bond acceptors (Lipinski definition) is 6. The molecule has 1 saturated heterocycles. The fourth-order valence-corrected chi connectivity index (χ4v) is 8.72. The molecule has 0 saturated carbocycles. The smallest absolute Gasteiger partial charge is 0.207 e. The van der Waals surface area contributed by atoms with E-state index in [1.807, 2.05) is 6.92 Å². The minimum Gasteiger partial charge on any atom is -0.207 e. The van der Waals surface area contributed by atoms with E-state index in [1.165, 1.54) is 26.0 Å². The van der Waals surface area contributed by atoms with E-state index >= 15 is 0 Å².